The van der Waals surface area contributed by atoms with Crippen molar-refractivity contribution in [1.29, 1.82) is 0 Å². The van der Waals surface area contributed by atoms with Crippen LogP contribution in [0.5, 0.6) is 0 Å². The monoisotopic (exact) mass is 345 g/mol. The fraction of sp³-hybridized carbons (Fsp3) is 0.353. The molecule has 1 saturated heterocycles. The van der Waals surface area contributed by atoms with Gasteiger partial charge in [-0.2, -0.15) is 5.10 Å². The van der Waals surface area contributed by atoms with Gasteiger partial charge in [-0.15, -0.1) is 0 Å². The maximum atomic E-state index is 12.8. The van der Waals surface area contributed by atoms with Crippen LogP contribution in [-0.4, -0.2) is 43.6 Å². The zero-order valence-corrected chi connectivity index (χ0v) is 13.6. The van der Waals surface area contributed by atoms with Crippen LogP contribution >= 0.6 is 0 Å². The Balaban J connectivity index is 1.48. The molecular weight excluding hydrogens is 328 g/mol. The molecule has 0 unspecified atom stereocenters. The third-order valence-electron chi connectivity index (χ3n) is 4.50. The molecule has 3 heterocycles. The number of likely N-dealkylation sites (tertiary alicyclic amines) is 1. The van der Waals surface area contributed by atoms with Gasteiger partial charge in [0, 0.05) is 26.3 Å². The van der Waals surface area contributed by atoms with Gasteiger partial charge in [-0.25, -0.2) is 13.8 Å². The number of hydrogen-bond acceptors (Lipinski definition) is 3. The van der Waals surface area contributed by atoms with Gasteiger partial charge in [-0.05, 0) is 30.0 Å². The van der Waals surface area contributed by atoms with Crippen molar-refractivity contribution in [3.05, 3.63) is 47.5 Å². The van der Waals surface area contributed by atoms with Crippen LogP contribution in [0.2, 0.25) is 0 Å². The summed E-state index contributed by atoms with van der Waals surface area (Å²) in [7, 11) is 1.87. The van der Waals surface area contributed by atoms with Gasteiger partial charge in [0.25, 0.3) is 12.3 Å². The van der Waals surface area contributed by atoms with E-state index in [0.717, 1.165) is 12.0 Å². The van der Waals surface area contributed by atoms with Crippen molar-refractivity contribution in [2.75, 3.05) is 13.1 Å². The molecule has 0 bridgehead atoms. The fourth-order valence-electron chi connectivity index (χ4n) is 3.27. The molecule has 25 heavy (non-hydrogen) atoms. The zero-order chi connectivity index (χ0) is 17.6. The molecule has 3 aromatic rings. The lowest BCUT2D eigenvalue weighted by atomic mass is 9.92. The van der Waals surface area contributed by atoms with E-state index < -0.39 is 12.2 Å². The van der Waals surface area contributed by atoms with Gasteiger partial charge in [0.2, 0.25) is 0 Å². The Morgan fingerprint density at radius 1 is 1.40 bits per heavy atom. The first kappa shape index (κ1) is 15.7. The molecule has 1 amide bonds. The number of imidazole rings is 1. The summed E-state index contributed by atoms with van der Waals surface area (Å²) in [4.78, 5) is 20.9. The minimum atomic E-state index is -2.69. The molecule has 0 saturated carbocycles. The van der Waals surface area contributed by atoms with Crippen LogP contribution < -0.4 is 0 Å². The number of aromatic amines is 1. The average Bonchev–Trinajstić information content (AvgIpc) is 3.15. The molecule has 0 aliphatic carbocycles. The largest absolute Gasteiger partial charge is 0.338 e. The Kier molecular flexibility index (Phi) is 3.74. The molecular formula is C17H17F2N5O. The molecule has 0 atom stereocenters. The van der Waals surface area contributed by atoms with E-state index in [1.54, 1.807) is 27.8 Å². The van der Waals surface area contributed by atoms with Crippen molar-refractivity contribution < 1.29 is 13.6 Å². The van der Waals surface area contributed by atoms with E-state index in [1.807, 2.05) is 19.4 Å². The smallest absolute Gasteiger partial charge is 0.295 e. The second kappa shape index (κ2) is 5.94. The second-order valence-electron chi connectivity index (χ2n) is 6.43. The third kappa shape index (κ3) is 2.88. The van der Waals surface area contributed by atoms with Crippen molar-refractivity contribution in [1.82, 2.24) is 24.6 Å². The summed E-state index contributed by atoms with van der Waals surface area (Å²) in [5, 5.41) is 4.14. The lowest BCUT2D eigenvalue weighted by molar-refractivity contribution is 0.0503. The number of alkyl halides is 2. The molecule has 2 aromatic heterocycles. The first-order valence-electron chi connectivity index (χ1n) is 8.05. The number of carbonyl (C=O) groups excluding carboxylic acids is 1. The number of nitrogens with zero attached hydrogens (tertiary/aromatic N) is 4. The van der Waals surface area contributed by atoms with Crippen molar-refractivity contribution in [3.63, 3.8) is 0 Å². The summed E-state index contributed by atoms with van der Waals surface area (Å²) >= 11 is 0. The third-order valence-corrected chi connectivity index (χ3v) is 4.50. The predicted octanol–water partition coefficient (Wildman–Crippen LogP) is 2.55. The molecule has 1 fully saturated rings. The average molecular weight is 345 g/mol. The van der Waals surface area contributed by atoms with Crippen LogP contribution in [-0.2, 0) is 13.5 Å². The number of aryl methyl sites for hydroxylation is 1. The molecule has 1 N–H and O–H groups in total. The Labute approximate surface area is 142 Å². The van der Waals surface area contributed by atoms with E-state index in [1.165, 1.54) is 0 Å². The van der Waals surface area contributed by atoms with Crippen LogP contribution in [0.1, 0.15) is 28.2 Å². The highest BCUT2D eigenvalue weighted by molar-refractivity contribution is 6.05. The first-order valence-corrected chi connectivity index (χ1v) is 8.05. The molecule has 8 heteroatoms. The molecule has 0 radical (unpaired) electrons. The summed E-state index contributed by atoms with van der Waals surface area (Å²) in [6.07, 6.45) is 1.99. The lowest BCUT2D eigenvalue weighted by Gasteiger charge is -2.39. The van der Waals surface area contributed by atoms with Crippen molar-refractivity contribution >= 4 is 16.9 Å². The highest BCUT2D eigenvalue weighted by Crippen LogP contribution is 2.26. The second-order valence-corrected chi connectivity index (χ2v) is 6.43. The first-order chi connectivity index (χ1) is 12.0. The normalized spacial score (nSPS) is 15.1. The predicted molar refractivity (Wildman–Crippen MR) is 87.4 cm³/mol. The molecule has 130 valence electrons. The number of fused-ring (bicyclic) bond motifs is 1. The highest BCUT2D eigenvalue weighted by Gasteiger charge is 2.32. The maximum absolute atomic E-state index is 12.8. The number of para-hydroxylation sites is 1. The van der Waals surface area contributed by atoms with Gasteiger partial charge < -0.3 is 9.88 Å². The van der Waals surface area contributed by atoms with Gasteiger partial charge >= 0.3 is 0 Å². The number of H-pyrrole nitrogens is 1. The van der Waals surface area contributed by atoms with E-state index >= 15 is 0 Å². The van der Waals surface area contributed by atoms with Gasteiger partial charge in [0.15, 0.2) is 5.82 Å². The van der Waals surface area contributed by atoms with Crippen molar-refractivity contribution in [2.45, 2.75) is 12.8 Å². The number of rotatable bonds is 4. The summed E-state index contributed by atoms with van der Waals surface area (Å²) < 4.78 is 27.4. The number of carbonyl (C=O) groups is 1. The minimum absolute atomic E-state index is 0.166. The Hall–Kier alpha value is -2.77. The Bertz CT molecular complexity index is 926. The molecule has 1 aromatic carbocycles. The Morgan fingerprint density at radius 2 is 2.20 bits per heavy atom. The quantitative estimate of drug-likeness (QED) is 0.790. The number of amides is 1. The number of nitrogens with one attached hydrogen (secondary N) is 1. The summed E-state index contributed by atoms with van der Waals surface area (Å²) in [5.74, 6) is -0.183. The van der Waals surface area contributed by atoms with Crippen molar-refractivity contribution in [3.8, 4) is 0 Å². The summed E-state index contributed by atoms with van der Waals surface area (Å²) in [5.41, 5.74) is 2.27. The van der Waals surface area contributed by atoms with Crippen LogP contribution in [0, 0.1) is 5.92 Å². The highest BCUT2D eigenvalue weighted by atomic mass is 19.3. The number of hydrogen-bond donors (Lipinski definition) is 1. The molecule has 1 aliphatic heterocycles. The minimum Gasteiger partial charge on any atom is -0.338 e. The van der Waals surface area contributed by atoms with E-state index in [-0.39, 0.29) is 5.91 Å². The lowest BCUT2D eigenvalue weighted by Crippen LogP contribution is -2.50. The van der Waals surface area contributed by atoms with E-state index in [4.69, 9.17) is 0 Å². The van der Waals surface area contributed by atoms with Crippen molar-refractivity contribution in [2.24, 2.45) is 13.0 Å². The van der Waals surface area contributed by atoms with Gasteiger partial charge in [-0.3, -0.25) is 9.48 Å². The van der Waals surface area contributed by atoms with E-state index in [2.05, 4.69) is 15.1 Å². The summed E-state index contributed by atoms with van der Waals surface area (Å²) in [6, 6.07) is 4.96. The van der Waals surface area contributed by atoms with Gasteiger partial charge in [-0.1, -0.05) is 6.07 Å². The maximum Gasteiger partial charge on any atom is 0.295 e. The SMILES string of the molecule is Cn1cc(CC2CN(C(=O)c3cccc4[nH]c(C(F)F)nc34)C2)cn1. The topological polar surface area (TPSA) is 66.8 Å². The molecule has 0 spiro atoms. The summed E-state index contributed by atoms with van der Waals surface area (Å²) in [6.45, 7) is 1.30. The van der Waals surface area contributed by atoms with Gasteiger partial charge in [0.1, 0.15) is 5.52 Å². The molecule has 6 nitrogen and oxygen atoms in total. The number of aromatic nitrogens is 4. The molecule has 4 rings (SSSR count). The number of benzene rings is 1. The number of halogens is 2. The Morgan fingerprint density at radius 3 is 2.88 bits per heavy atom. The van der Waals surface area contributed by atoms with E-state index in [9.17, 15) is 13.6 Å². The van der Waals surface area contributed by atoms with Crippen LogP contribution in [0.15, 0.2) is 30.6 Å². The van der Waals surface area contributed by atoms with Crippen LogP contribution in [0.3, 0.4) is 0 Å². The van der Waals surface area contributed by atoms with Crippen LogP contribution in [0.4, 0.5) is 8.78 Å². The zero-order valence-electron chi connectivity index (χ0n) is 13.6. The standard InChI is InChI=1S/C17H17F2N5O/c1-23-7-10(6-20-23)5-11-8-24(9-11)17(25)12-3-2-4-13-14(12)22-16(21-13)15(18)19/h2-4,6-7,11,15H,5,8-9H2,1H3,(H,21,22). The van der Waals surface area contributed by atoms with E-state index in [0.29, 0.717) is 35.6 Å². The van der Waals surface area contributed by atoms with Crippen LogP contribution in [0.25, 0.3) is 11.0 Å². The molecule has 1 aliphatic rings. The van der Waals surface area contributed by atoms with Gasteiger partial charge in [0.05, 0.1) is 17.3 Å². The fourth-order valence-corrected chi connectivity index (χ4v) is 3.27.